The number of rotatable bonds is 6. The van der Waals surface area contributed by atoms with Crippen LogP contribution >= 0.6 is 11.6 Å². The van der Waals surface area contributed by atoms with Crippen LogP contribution in [0.2, 0.25) is 5.02 Å². The third-order valence-electron chi connectivity index (χ3n) is 6.31. The van der Waals surface area contributed by atoms with Crippen molar-refractivity contribution < 1.29 is 9.32 Å². The maximum absolute atomic E-state index is 12.6. The average Bonchev–Trinajstić information content (AvgIpc) is 3.13. The molecule has 0 bridgehead atoms. The minimum absolute atomic E-state index is 0.0496. The normalized spacial score (nSPS) is 19.8. The monoisotopic (exact) mass is 456 g/mol. The van der Waals surface area contributed by atoms with E-state index in [1.54, 1.807) is 12.1 Å². The number of hydrogen-bond donors (Lipinski definition) is 1. The molecule has 1 aromatic heterocycles. The molecule has 4 rings (SSSR count). The van der Waals surface area contributed by atoms with Crippen molar-refractivity contribution in [2.24, 2.45) is 0 Å². The molecule has 1 aliphatic carbocycles. The SMILES string of the molecule is N#CC1(NC(=O)CN2CCN(Cc3nc(-c4ccc(Cl)cc4)no3)CC2)CCCCCC1. The first-order valence-electron chi connectivity index (χ1n) is 11.3. The number of benzene rings is 1. The molecular formula is C23H29ClN6O2. The van der Waals surface area contributed by atoms with Crippen LogP contribution in [0.5, 0.6) is 0 Å². The van der Waals surface area contributed by atoms with E-state index in [0.717, 1.165) is 70.3 Å². The lowest BCUT2D eigenvalue weighted by atomic mass is 9.92. The highest BCUT2D eigenvalue weighted by molar-refractivity contribution is 6.30. The predicted molar refractivity (Wildman–Crippen MR) is 121 cm³/mol. The summed E-state index contributed by atoms with van der Waals surface area (Å²) in [5.41, 5.74) is 0.179. The minimum atomic E-state index is -0.685. The number of halogens is 1. The molecule has 8 nitrogen and oxygen atoms in total. The van der Waals surface area contributed by atoms with E-state index in [9.17, 15) is 10.1 Å². The molecule has 2 aromatic rings. The maximum Gasteiger partial charge on any atom is 0.241 e. The molecule has 32 heavy (non-hydrogen) atoms. The van der Waals surface area contributed by atoms with Gasteiger partial charge in [-0.3, -0.25) is 14.6 Å². The van der Waals surface area contributed by atoms with Crippen molar-refractivity contribution in [2.75, 3.05) is 32.7 Å². The molecule has 1 saturated carbocycles. The van der Waals surface area contributed by atoms with Crippen molar-refractivity contribution in [3.63, 3.8) is 0 Å². The summed E-state index contributed by atoms with van der Waals surface area (Å²) in [6.07, 6.45) is 5.80. The Kier molecular flexibility index (Phi) is 7.40. The lowest BCUT2D eigenvalue weighted by Gasteiger charge is -2.34. The van der Waals surface area contributed by atoms with Gasteiger partial charge in [-0.2, -0.15) is 10.2 Å². The molecule has 1 N–H and O–H groups in total. The van der Waals surface area contributed by atoms with Gasteiger partial charge in [0, 0.05) is 36.8 Å². The third kappa shape index (κ3) is 5.85. The zero-order chi connectivity index (χ0) is 22.4. The largest absolute Gasteiger partial charge is 0.338 e. The number of aromatic nitrogens is 2. The van der Waals surface area contributed by atoms with Gasteiger partial charge in [-0.15, -0.1) is 0 Å². The van der Waals surface area contributed by atoms with Gasteiger partial charge in [0.05, 0.1) is 19.2 Å². The van der Waals surface area contributed by atoms with Crippen molar-refractivity contribution in [1.82, 2.24) is 25.3 Å². The molecule has 1 saturated heterocycles. The number of nitrogens with one attached hydrogen (secondary N) is 1. The van der Waals surface area contributed by atoms with E-state index in [2.05, 4.69) is 31.3 Å². The van der Waals surface area contributed by atoms with Gasteiger partial charge in [0.2, 0.25) is 17.6 Å². The van der Waals surface area contributed by atoms with Crippen LogP contribution in [0.25, 0.3) is 11.4 Å². The molecule has 1 aliphatic heterocycles. The standard InChI is InChI=1S/C23H29ClN6O2/c24-19-7-5-18(6-8-19)22-26-21(32-28-22)16-30-13-11-29(12-14-30)15-20(31)27-23(17-25)9-3-1-2-4-10-23/h5-8H,1-4,9-16H2,(H,27,31). The molecule has 2 heterocycles. The highest BCUT2D eigenvalue weighted by Gasteiger charge is 2.33. The molecule has 0 spiro atoms. The Morgan fingerprint density at radius 3 is 2.41 bits per heavy atom. The first kappa shape index (κ1) is 22.7. The molecule has 2 aliphatic rings. The molecule has 1 aromatic carbocycles. The van der Waals surface area contributed by atoms with E-state index in [1.165, 1.54) is 0 Å². The fraction of sp³-hybridized carbons (Fsp3) is 0.565. The first-order valence-corrected chi connectivity index (χ1v) is 11.7. The number of carbonyl (C=O) groups is 1. The fourth-order valence-electron chi connectivity index (χ4n) is 4.44. The Hall–Kier alpha value is -2.47. The summed E-state index contributed by atoms with van der Waals surface area (Å²) in [6, 6.07) is 9.73. The Bertz CT molecular complexity index is 938. The maximum atomic E-state index is 12.6. The van der Waals surface area contributed by atoms with E-state index in [4.69, 9.17) is 16.1 Å². The van der Waals surface area contributed by atoms with E-state index in [0.29, 0.717) is 29.8 Å². The van der Waals surface area contributed by atoms with Crippen molar-refractivity contribution >= 4 is 17.5 Å². The number of amides is 1. The quantitative estimate of drug-likeness (QED) is 0.666. The molecule has 1 amide bonds. The Labute approximate surface area is 193 Å². The van der Waals surface area contributed by atoms with Crippen LogP contribution in [-0.4, -0.2) is 64.1 Å². The summed E-state index contributed by atoms with van der Waals surface area (Å²) in [5.74, 6) is 1.08. The summed E-state index contributed by atoms with van der Waals surface area (Å²) in [4.78, 5) is 21.5. The van der Waals surface area contributed by atoms with Gasteiger partial charge in [-0.05, 0) is 37.1 Å². The van der Waals surface area contributed by atoms with E-state index >= 15 is 0 Å². The topological polar surface area (TPSA) is 98.3 Å². The average molecular weight is 457 g/mol. The lowest BCUT2D eigenvalue weighted by molar-refractivity contribution is -0.124. The van der Waals surface area contributed by atoms with E-state index in [-0.39, 0.29) is 5.91 Å². The number of hydrogen-bond acceptors (Lipinski definition) is 7. The van der Waals surface area contributed by atoms with Crippen LogP contribution in [0, 0.1) is 11.3 Å². The number of nitriles is 1. The molecular weight excluding hydrogens is 428 g/mol. The van der Waals surface area contributed by atoms with Crippen LogP contribution in [0.3, 0.4) is 0 Å². The summed E-state index contributed by atoms with van der Waals surface area (Å²) in [6.45, 7) is 4.11. The second-order valence-electron chi connectivity index (χ2n) is 8.73. The zero-order valence-electron chi connectivity index (χ0n) is 18.2. The van der Waals surface area contributed by atoms with Crippen molar-refractivity contribution in [3.8, 4) is 17.5 Å². The summed E-state index contributed by atoms with van der Waals surface area (Å²) < 4.78 is 5.42. The molecule has 0 unspecified atom stereocenters. The molecule has 0 radical (unpaired) electrons. The van der Waals surface area contributed by atoms with Gasteiger partial charge in [0.15, 0.2) is 0 Å². The van der Waals surface area contributed by atoms with Crippen molar-refractivity contribution in [1.29, 1.82) is 5.26 Å². The Morgan fingerprint density at radius 1 is 1.09 bits per heavy atom. The van der Waals surface area contributed by atoms with Gasteiger partial charge in [0.25, 0.3) is 0 Å². The predicted octanol–water partition coefficient (Wildman–Crippen LogP) is 3.24. The van der Waals surface area contributed by atoms with Crippen LogP contribution in [0.1, 0.15) is 44.4 Å². The van der Waals surface area contributed by atoms with Gasteiger partial charge < -0.3 is 9.84 Å². The highest BCUT2D eigenvalue weighted by Crippen LogP contribution is 2.26. The van der Waals surface area contributed by atoms with Gasteiger partial charge >= 0.3 is 0 Å². The first-order chi connectivity index (χ1) is 15.5. The molecule has 170 valence electrons. The molecule has 9 heteroatoms. The van der Waals surface area contributed by atoms with Gasteiger partial charge in [-0.25, -0.2) is 0 Å². The van der Waals surface area contributed by atoms with Crippen LogP contribution < -0.4 is 5.32 Å². The summed E-state index contributed by atoms with van der Waals surface area (Å²) in [7, 11) is 0. The van der Waals surface area contributed by atoms with Gasteiger partial charge in [0.1, 0.15) is 5.54 Å². The van der Waals surface area contributed by atoms with Crippen LogP contribution in [0.4, 0.5) is 0 Å². The Balaban J connectivity index is 1.23. The second kappa shape index (κ2) is 10.4. The van der Waals surface area contributed by atoms with Gasteiger partial charge in [-0.1, -0.05) is 42.4 Å². The number of carbonyl (C=O) groups excluding carboxylic acids is 1. The lowest BCUT2D eigenvalue weighted by Crippen LogP contribution is -2.53. The minimum Gasteiger partial charge on any atom is -0.338 e. The number of nitrogens with zero attached hydrogens (tertiary/aromatic N) is 5. The van der Waals surface area contributed by atoms with Crippen LogP contribution in [0.15, 0.2) is 28.8 Å². The highest BCUT2D eigenvalue weighted by atomic mass is 35.5. The van der Waals surface area contributed by atoms with Crippen LogP contribution in [-0.2, 0) is 11.3 Å². The summed E-state index contributed by atoms with van der Waals surface area (Å²) >= 11 is 5.93. The molecule has 0 atom stereocenters. The fourth-order valence-corrected chi connectivity index (χ4v) is 4.56. The van der Waals surface area contributed by atoms with Crippen molar-refractivity contribution in [3.05, 3.63) is 35.2 Å². The second-order valence-corrected chi connectivity index (χ2v) is 9.16. The third-order valence-corrected chi connectivity index (χ3v) is 6.56. The van der Waals surface area contributed by atoms with E-state index in [1.807, 2.05) is 12.1 Å². The molecule has 2 fully saturated rings. The Morgan fingerprint density at radius 2 is 1.75 bits per heavy atom. The summed E-state index contributed by atoms with van der Waals surface area (Å²) in [5, 5.41) is 17.5. The number of piperazine rings is 1. The van der Waals surface area contributed by atoms with E-state index < -0.39 is 5.54 Å². The zero-order valence-corrected chi connectivity index (χ0v) is 19.0. The smallest absolute Gasteiger partial charge is 0.241 e. The van der Waals surface area contributed by atoms with Crippen molar-refractivity contribution in [2.45, 2.75) is 50.6 Å².